The number of nitrogens with one attached hydrogen (secondary N) is 2. The number of tetrazole rings is 1. The number of aromatic amines is 1. The minimum Gasteiger partial charge on any atom is -0.376 e. The summed E-state index contributed by atoms with van der Waals surface area (Å²) in [4.78, 5) is 17.6. The standard InChI is InChI=1S/C21H26N6O2/c1-14-6-4-7-15-12-17(21(28)22-18(14)15)19(26-9-2-3-10-26)20-23-24-25-27(20)13-16-8-5-11-29-16/h4,6-7,12,16,19H,2-3,5,8-11,13H2,1H3,(H,22,28)/p+1/t16-,19-/m0/s1. The van der Waals surface area contributed by atoms with Gasteiger partial charge in [0.15, 0.2) is 6.04 Å². The number of nitrogens with zero attached hydrogens (tertiary/aromatic N) is 4. The highest BCUT2D eigenvalue weighted by Crippen LogP contribution is 2.22. The molecule has 0 saturated carbocycles. The maximum atomic E-state index is 13.2. The van der Waals surface area contributed by atoms with Gasteiger partial charge in [-0.05, 0) is 47.2 Å². The number of benzene rings is 1. The number of hydrogen-bond acceptors (Lipinski definition) is 5. The van der Waals surface area contributed by atoms with E-state index in [1.54, 1.807) is 0 Å². The summed E-state index contributed by atoms with van der Waals surface area (Å²) in [5.41, 5.74) is 2.65. The van der Waals surface area contributed by atoms with Gasteiger partial charge in [-0.2, -0.15) is 0 Å². The van der Waals surface area contributed by atoms with Crippen LogP contribution in [0.1, 0.15) is 48.7 Å². The fourth-order valence-corrected chi connectivity index (χ4v) is 4.80. The molecule has 0 radical (unpaired) electrons. The first-order valence-electron chi connectivity index (χ1n) is 10.6. The zero-order valence-corrected chi connectivity index (χ0v) is 16.7. The van der Waals surface area contributed by atoms with E-state index in [0.717, 1.165) is 73.2 Å². The molecule has 0 amide bonds. The molecule has 5 rings (SSSR count). The minimum absolute atomic E-state index is 0.0529. The van der Waals surface area contributed by atoms with E-state index in [1.807, 2.05) is 35.9 Å². The maximum absolute atomic E-state index is 13.2. The lowest BCUT2D eigenvalue weighted by molar-refractivity contribution is -0.914. The summed E-state index contributed by atoms with van der Waals surface area (Å²) >= 11 is 0. The van der Waals surface area contributed by atoms with Gasteiger partial charge in [0.1, 0.15) is 0 Å². The number of hydrogen-bond donors (Lipinski definition) is 2. The van der Waals surface area contributed by atoms with Gasteiger partial charge < -0.3 is 14.6 Å². The van der Waals surface area contributed by atoms with Gasteiger partial charge >= 0.3 is 0 Å². The van der Waals surface area contributed by atoms with E-state index in [4.69, 9.17) is 4.74 Å². The number of aryl methyl sites for hydroxylation is 1. The lowest BCUT2D eigenvalue weighted by atomic mass is 10.0. The Morgan fingerprint density at radius 1 is 1.31 bits per heavy atom. The van der Waals surface area contributed by atoms with Crippen LogP contribution in [0.2, 0.25) is 0 Å². The minimum atomic E-state index is -0.178. The van der Waals surface area contributed by atoms with Crippen molar-refractivity contribution in [3.8, 4) is 0 Å². The number of pyridine rings is 1. The first kappa shape index (κ1) is 18.4. The van der Waals surface area contributed by atoms with E-state index in [2.05, 4.69) is 20.5 Å². The highest BCUT2D eigenvalue weighted by molar-refractivity contribution is 5.82. The topological polar surface area (TPSA) is 90.1 Å². The van der Waals surface area contributed by atoms with Gasteiger partial charge in [-0.15, -0.1) is 5.10 Å². The van der Waals surface area contributed by atoms with Crippen LogP contribution < -0.4 is 10.5 Å². The van der Waals surface area contributed by atoms with E-state index < -0.39 is 0 Å². The second-order valence-electron chi connectivity index (χ2n) is 8.25. The Kier molecular flexibility index (Phi) is 4.89. The van der Waals surface area contributed by atoms with E-state index in [9.17, 15) is 4.79 Å². The van der Waals surface area contributed by atoms with Crippen molar-refractivity contribution in [3.63, 3.8) is 0 Å². The van der Waals surface area contributed by atoms with Crippen LogP contribution in [0.15, 0.2) is 29.1 Å². The Morgan fingerprint density at radius 3 is 2.97 bits per heavy atom. The Balaban J connectivity index is 1.60. The number of likely N-dealkylation sites (tertiary alicyclic amines) is 1. The molecule has 2 atom stereocenters. The molecule has 2 aromatic heterocycles. The summed E-state index contributed by atoms with van der Waals surface area (Å²) in [6.45, 7) is 5.48. The summed E-state index contributed by atoms with van der Waals surface area (Å²) in [6.07, 6.45) is 4.56. The molecular formula is C21H27N6O2+. The van der Waals surface area contributed by atoms with E-state index in [0.29, 0.717) is 6.54 Å². The third kappa shape index (κ3) is 3.47. The van der Waals surface area contributed by atoms with Gasteiger partial charge in [0.25, 0.3) is 5.56 Å². The second kappa shape index (κ2) is 7.68. The molecule has 2 aliphatic rings. The fourth-order valence-electron chi connectivity index (χ4n) is 4.80. The fraction of sp³-hybridized carbons (Fsp3) is 0.524. The first-order chi connectivity index (χ1) is 14.2. The molecule has 2 aliphatic heterocycles. The summed E-state index contributed by atoms with van der Waals surface area (Å²) in [5, 5.41) is 13.7. The number of para-hydroxylation sites is 1. The van der Waals surface area contributed by atoms with Crippen molar-refractivity contribution < 1.29 is 9.64 Å². The number of rotatable bonds is 5. The van der Waals surface area contributed by atoms with Crippen molar-refractivity contribution in [2.24, 2.45) is 0 Å². The van der Waals surface area contributed by atoms with E-state index in [-0.39, 0.29) is 17.7 Å². The zero-order valence-electron chi connectivity index (χ0n) is 16.7. The Morgan fingerprint density at radius 2 is 2.17 bits per heavy atom. The normalized spacial score (nSPS) is 21.2. The highest BCUT2D eigenvalue weighted by Gasteiger charge is 2.36. The van der Waals surface area contributed by atoms with Gasteiger partial charge in [-0.3, -0.25) is 4.79 Å². The van der Waals surface area contributed by atoms with Crippen LogP contribution in [0.4, 0.5) is 0 Å². The van der Waals surface area contributed by atoms with Crippen LogP contribution in [0.25, 0.3) is 10.9 Å². The van der Waals surface area contributed by atoms with E-state index in [1.165, 1.54) is 4.90 Å². The average Bonchev–Trinajstić information content (AvgIpc) is 3.48. The van der Waals surface area contributed by atoms with Crippen LogP contribution in [0.3, 0.4) is 0 Å². The van der Waals surface area contributed by atoms with Crippen LogP contribution in [-0.2, 0) is 11.3 Å². The number of fused-ring (bicyclic) bond motifs is 1. The lowest BCUT2D eigenvalue weighted by Crippen LogP contribution is -3.10. The summed E-state index contributed by atoms with van der Waals surface area (Å²) in [7, 11) is 0. The summed E-state index contributed by atoms with van der Waals surface area (Å²) in [6, 6.07) is 7.94. The van der Waals surface area contributed by atoms with Crippen LogP contribution in [-0.4, -0.2) is 51.0 Å². The summed E-state index contributed by atoms with van der Waals surface area (Å²) < 4.78 is 7.65. The number of ether oxygens (including phenoxy) is 1. The largest absolute Gasteiger partial charge is 0.376 e. The van der Waals surface area contributed by atoms with Gasteiger partial charge in [0, 0.05) is 19.4 Å². The molecule has 2 fully saturated rings. The number of aromatic nitrogens is 5. The van der Waals surface area contributed by atoms with Crippen LogP contribution in [0, 0.1) is 6.92 Å². The van der Waals surface area contributed by atoms with Crippen LogP contribution in [0.5, 0.6) is 0 Å². The van der Waals surface area contributed by atoms with Crippen LogP contribution >= 0.6 is 0 Å². The smallest absolute Gasteiger partial charge is 0.258 e. The predicted molar refractivity (Wildman–Crippen MR) is 108 cm³/mol. The second-order valence-corrected chi connectivity index (χ2v) is 8.25. The Labute approximate surface area is 168 Å². The first-order valence-corrected chi connectivity index (χ1v) is 10.6. The van der Waals surface area contributed by atoms with E-state index >= 15 is 0 Å². The molecule has 8 heteroatoms. The van der Waals surface area contributed by atoms with Crippen molar-refractivity contribution in [3.05, 3.63) is 51.6 Å². The SMILES string of the molecule is Cc1cccc2cc([C@@H](c3nnnn3C[C@@H]3CCCO3)[NH+]3CCCC3)c(=O)[nH]c12. The number of quaternary nitrogens is 1. The molecular weight excluding hydrogens is 368 g/mol. The third-order valence-corrected chi connectivity index (χ3v) is 6.30. The molecule has 152 valence electrons. The molecule has 29 heavy (non-hydrogen) atoms. The number of H-pyrrole nitrogens is 1. The highest BCUT2D eigenvalue weighted by atomic mass is 16.5. The lowest BCUT2D eigenvalue weighted by Gasteiger charge is -2.24. The van der Waals surface area contributed by atoms with Crippen molar-refractivity contribution in [1.29, 1.82) is 0 Å². The molecule has 8 nitrogen and oxygen atoms in total. The maximum Gasteiger partial charge on any atom is 0.258 e. The van der Waals surface area contributed by atoms with Crippen molar-refractivity contribution in [2.45, 2.75) is 51.3 Å². The molecule has 2 N–H and O–H groups in total. The molecule has 0 bridgehead atoms. The zero-order chi connectivity index (χ0) is 19.8. The van der Waals surface area contributed by atoms with Crippen molar-refractivity contribution >= 4 is 10.9 Å². The molecule has 0 spiro atoms. The molecule has 2 saturated heterocycles. The molecule has 3 aromatic rings. The molecule has 1 aromatic carbocycles. The monoisotopic (exact) mass is 395 g/mol. The Bertz CT molecular complexity index is 1060. The van der Waals surface area contributed by atoms with Gasteiger partial charge in [0.2, 0.25) is 5.82 Å². The van der Waals surface area contributed by atoms with Gasteiger partial charge in [0.05, 0.1) is 36.8 Å². The van der Waals surface area contributed by atoms with Crippen molar-refractivity contribution in [1.82, 2.24) is 25.2 Å². The van der Waals surface area contributed by atoms with Crippen molar-refractivity contribution in [2.75, 3.05) is 19.7 Å². The molecule has 0 aliphatic carbocycles. The average molecular weight is 395 g/mol. The van der Waals surface area contributed by atoms with Gasteiger partial charge in [-0.1, -0.05) is 18.2 Å². The molecule has 4 heterocycles. The molecule has 0 unspecified atom stereocenters. The Hall–Kier alpha value is -2.58. The third-order valence-electron chi connectivity index (χ3n) is 6.30. The summed E-state index contributed by atoms with van der Waals surface area (Å²) in [5.74, 6) is 0.759. The quantitative estimate of drug-likeness (QED) is 0.666. The predicted octanol–water partition coefficient (Wildman–Crippen LogP) is 0.770. The van der Waals surface area contributed by atoms with Gasteiger partial charge in [-0.25, -0.2) is 4.68 Å².